The lowest BCUT2D eigenvalue weighted by molar-refractivity contribution is -0.148. The van der Waals surface area contributed by atoms with Crippen LogP contribution >= 0.6 is 0 Å². The molecule has 0 fully saturated rings. The van der Waals surface area contributed by atoms with E-state index in [4.69, 9.17) is 5.73 Å². The van der Waals surface area contributed by atoms with Crippen LogP contribution in [0.1, 0.15) is 92.7 Å². The van der Waals surface area contributed by atoms with Crippen molar-refractivity contribution in [1.29, 1.82) is 0 Å². The maximum Gasteiger partial charge on any atom is 0.316 e. The fourth-order valence-corrected chi connectivity index (χ4v) is 7.18. The number of carboxylic acids is 1. The van der Waals surface area contributed by atoms with Crippen molar-refractivity contribution in [1.82, 2.24) is 42.5 Å². The molecule has 0 saturated carbocycles. The van der Waals surface area contributed by atoms with E-state index in [9.17, 15) is 53.4 Å². The summed E-state index contributed by atoms with van der Waals surface area (Å²) in [5.74, 6) is -9.76. The van der Waals surface area contributed by atoms with Crippen LogP contribution in [0.5, 0.6) is 0 Å². The van der Waals surface area contributed by atoms with Gasteiger partial charge in [0.15, 0.2) is 0 Å². The predicted octanol–water partition coefficient (Wildman–Crippen LogP) is 0.405. The standard InChI is InChI=1S/C49H75N9O11/c1-10-30(8)41(55-38(60)25-50)48(67)53-35(22-28(4)5)44(63)51-26-39(61)52-36(23-32-17-13-11-14-18-32)45(64)56-40(29(6)7)47(66)54-37(24-33-19-15-12-16-20-33)46(65)58-42(31(9)59)57-43(62)34(49(68)69)21-27(2)3/h11-20,27-31,34-37,40-42,59H,10,21-26,50H2,1-9H3,(H,51,63)(H,52,61)(H,53,67)(H,54,66)(H,55,60)(H,56,64)(H,57,62)(H,58,65)(H,68,69)/t30-,31+,34-,35-,36-,37-,40-,41-,42-/m0/s1. The van der Waals surface area contributed by atoms with Gasteiger partial charge in [0.2, 0.25) is 47.3 Å². The third kappa shape index (κ3) is 20.8. The van der Waals surface area contributed by atoms with E-state index in [0.717, 1.165) is 0 Å². The van der Waals surface area contributed by atoms with Gasteiger partial charge in [0, 0.05) is 12.8 Å². The number of aliphatic hydroxyl groups is 1. The van der Waals surface area contributed by atoms with Gasteiger partial charge in [-0.1, -0.05) is 122 Å². The summed E-state index contributed by atoms with van der Waals surface area (Å²) in [6, 6.07) is 11.5. The van der Waals surface area contributed by atoms with Gasteiger partial charge < -0.3 is 58.5 Å². The summed E-state index contributed by atoms with van der Waals surface area (Å²) in [6.45, 7) is 14.5. The number of benzene rings is 2. The highest BCUT2D eigenvalue weighted by Gasteiger charge is 2.35. The third-order valence-electron chi connectivity index (χ3n) is 11.3. The molecule has 382 valence electrons. The van der Waals surface area contributed by atoms with Crippen LogP contribution in [0.25, 0.3) is 0 Å². The van der Waals surface area contributed by atoms with Crippen molar-refractivity contribution in [3.8, 4) is 0 Å². The zero-order chi connectivity index (χ0) is 52.0. The van der Waals surface area contributed by atoms with Gasteiger partial charge >= 0.3 is 5.97 Å². The summed E-state index contributed by atoms with van der Waals surface area (Å²) >= 11 is 0. The quantitative estimate of drug-likeness (QED) is 0.0390. The highest BCUT2D eigenvalue weighted by molar-refractivity contribution is 5.98. The van der Waals surface area contributed by atoms with E-state index < -0.39 is 114 Å². The zero-order valence-corrected chi connectivity index (χ0v) is 41.3. The molecule has 0 radical (unpaired) electrons. The molecule has 0 spiro atoms. The van der Waals surface area contributed by atoms with Crippen LogP contribution in [0.2, 0.25) is 0 Å². The van der Waals surface area contributed by atoms with Crippen molar-refractivity contribution in [3.63, 3.8) is 0 Å². The maximum atomic E-state index is 14.2. The molecule has 0 bridgehead atoms. The van der Waals surface area contributed by atoms with Crippen molar-refractivity contribution >= 4 is 53.2 Å². The average molecular weight is 966 g/mol. The highest BCUT2D eigenvalue weighted by Crippen LogP contribution is 2.15. The molecule has 2 aromatic rings. The Labute approximate surface area is 405 Å². The van der Waals surface area contributed by atoms with Crippen molar-refractivity contribution in [3.05, 3.63) is 71.8 Å². The van der Waals surface area contributed by atoms with E-state index in [1.807, 2.05) is 20.8 Å². The minimum absolute atomic E-state index is 0.00220. The van der Waals surface area contributed by atoms with Gasteiger partial charge in [0.25, 0.3) is 0 Å². The zero-order valence-electron chi connectivity index (χ0n) is 41.3. The van der Waals surface area contributed by atoms with Crippen molar-refractivity contribution in [2.45, 2.75) is 137 Å². The topological polar surface area (TPSA) is 316 Å². The van der Waals surface area contributed by atoms with Gasteiger partial charge in [-0.2, -0.15) is 0 Å². The largest absolute Gasteiger partial charge is 0.481 e. The number of amides is 8. The fourth-order valence-electron chi connectivity index (χ4n) is 7.18. The van der Waals surface area contributed by atoms with E-state index in [0.29, 0.717) is 17.5 Å². The van der Waals surface area contributed by atoms with E-state index in [-0.39, 0.29) is 50.0 Å². The Kier molecular flexibility index (Phi) is 25.1. The number of hydrogen-bond acceptors (Lipinski definition) is 11. The number of carboxylic acid groups (broad SMARTS) is 1. The summed E-state index contributed by atoms with van der Waals surface area (Å²) in [5, 5.41) is 41.1. The molecular weight excluding hydrogens is 891 g/mol. The first-order chi connectivity index (χ1) is 32.5. The van der Waals surface area contributed by atoms with Gasteiger partial charge in [-0.3, -0.25) is 43.2 Å². The normalized spacial score (nSPS) is 15.2. The van der Waals surface area contributed by atoms with Crippen LogP contribution in [0, 0.1) is 29.6 Å². The van der Waals surface area contributed by atoms with E-state index >= 15 is 0 Å². The Hall–Kier alpha value is -6.41. The van der Waals surface area contributed by atoms with E-state index in [1.165, 1.54) is 6.92 Å². The maximum absolute atomic E-state index is 14.2. The third-order valence-corrected chi connectivity index (χ3v) is 11.3. The molecule has 0 aliphatic rings. The minimum Gasteiger partial charge on any atom is -0.481 e. The number of hydrogen-bond donors (Lipinski definition) is 11. The molecule has 20 heteroatoms. The van der Waals surface area contributed by atoms with Gasteiger partial charge in [0.05, 0.1) is 19.2 Å². The number of carbonyl (C=O) groups is 9. The number of nitrogens with two attached hydrogens (primary N) is 1. The Morgan fingerprint density at radius 2 is 1.01 bits per heavy atom. The summed E-state index contributed by atoms with van der Waals surface area (Å²) in [7, 11) is 0. The summed E-state index contributed by atoms with van der Waals surface area (Å²) in [4.78, 5) is 120. The highest BCUT2D eigenvalue weighted by atomic mass is 16.4. The second-order valence-corrected chi connectivity index (χ2v) is 18.6. The van der Waals surface area contributed by atoms with E-state index in [1.54, 1.807) is 95.3 Å². The molecule has 0 aliphatic heterocycles. The summed E-state index contributed by atoms with van der Waals surface area (Å²) < 4.78 is 0. The summed E-state index contributed by atoms with van der Waals surface area (Å²) in [5.41, 5.74) is 6.75. The lowest BCUT2D eigenvalue weighted by Crippen LogP contribution is -2.62. The Morgan fingerprint density at radius 1 is 0.536 bits per heavy atom. The number of aliphatic carboxylic acids is 1. The number of carbonyl (C=O) groups excluding carboxylic acids is 8. The molecule has 0 heterocycles. The van der Waals surface area contributed by atoms with Crippen LogP contribution in [0.15, 0.2) is 60.7 Å². The van der Waals surface area contributed by atoms with Crippen LogP contribution < -0.4 is 48.3 Å². The molecule has 9 atom stereocenters. The Morgan fingerprint density at radius 3 is 1.48 bits per heavy atom. The van der Waals surface area contributed by atoms with Gasteiger partial charge in [-0.25, -0.2) is 0 Å². The molecule has 12 N–H and O–H groups in total. The average Bonchev–Trinajstić information content (AvgIpc) is 3.29. The Bertz CT molecular complexity index is 2020. The first kappa shape index (κ1) is 58.7. The second kappa shape index (κ2) is 29.5. The number of nitrogens with one attached hydrogen (secondary N) is 8. The first-order valence-corrected chi connectivity index (χ1v) is 23.5. The molecule has 0 aliphatic carbocycles. The lowest BCUT2D eigenvalue weighted by atomic mass is 9.96. The molecule has 0 saturated heterocycles. The van der Waals surface area contributed by atoms with Crippen LogP contribution in [-0.2, 0) is 56.0 Å². The van der Waals surface area contributed by atoms with Gasteiger partial charge in [0.1, 0.15) is 42.3 Å². The van der Waals surface area contributed by atoms with Crippen molar-refractivity contribution < 1.29 is 53.4 Å². The molecule has 2 rings (SSSR count). The fraction of sp³-hybridized carbons (Fsp3) is 0.571. The Balaban J connectivity index is 2.35. The first-order valence-electron chi connectivity index (χ1n) is 23.5. The van der Waals surface area contributed by atoms with Crippen LogP contribution in [-0.4, -0.2) is 119 Å². The number of rotatable bonds is 29. The molecule has 20 nitrogen and oxygen atoms in total. The second-order valence-electron chi connectivity index (χ2n) is 18.6. The molecule has 0 unspecified atom stereocenters. The van der Waals surface area contributed by atoms with Gasteiger partial charge in [-0.05, 0) is 54.6 Å². The predicted molar refractivity (Wildman–Crippen MR) is 258 cm³/mol. The van der Waals surface area contributed by atoms with Crippen LogP contribution in [0.4, 0.5) is 0 Å². The summed E-state index contributed by atoms with van der Waals surface area (Å²) in [6.07, 6.45) is -2.18. The lowest BCUT2D eigenvalue weighted by Gasteiger charge is -2.29. The van der Waals surface area contributed by atoms with Crippen molar-refractivity contribution in [2.75, 3.05) is 13.1 Å². The monoisotopic (exact) mass is 966 g/mol. The molecule has 8 amide bonds. The molecule has 0 aromatic heterocycles. The van der Waals surface area contributed by atoms with Crippen molar-refractivity contribution in [2.24, 2.45) is 35.3 Å². The van der Waals surface area contributed by atoms with E-state index in [2.05, 4.69) is 42.5 Å². The molecular formula is C49H75N9O11. The van der Waals surface area contributed by atoms with Crippen LogP contribution in [0.3, 0.4) is 0 Å². The SMILES string of the molecule is CC[C@H](C)[C@H](NC(=O)CN)C(=O)N[C@@H](CC(C)C)C(=O)NCC(=O)N[C@@H](Cc1ccccc1)C(=O)N[C@H](C(=O)N[C@@H](Cc1ccccc1)C(=O)N[C@H](NC(=O)[C@H](CC(C)C)C(=O)O)[C@@H](C)O)C(C)C. The minimum atomic E-state index is -1.46. The number of aliphatic hydroxyl groups excluding tert-OH is 1. The smallest absolute Gasteiger partial charge is 0.316 e. The molecule has 2 aromatic carbocycles. The molecule has 69 heavy (non-hydrogen) atoms. The van der Waals surface area contributed by atoms with Gasteiger partial charge in [-0.15, -0.1) is 0 Å².